The molecule has 0 spiro atoms. The first-order chi connectivity index (χ1) is 12.2. The van der Waals surface area contributed by atoms with Crippen molar-refractivity contribution in [2.24, 2.45) is 0 Å². The fraction of sp³-hybridized carbons (Fsp3) is 0.400. The lowest BCUT2D eigenvalue weighted by Gasteiger charge is -2.36. The SMILES string of the molecule is OC(CCN1CCN(c2ccc(Cl)cc2)CC1)COc1ccccc1. The van der Waals surface area contributed by atoms with Crippen LogP contribution in [0.5, 0.6) is 5.75 Å². The van der Waals surface area contributed by atoms with E-state index in [4.69, 9.17) is 16.3 Å². The molecule has 1 fully saturated rings. The number of ether oxygens (including phenoxy) is 1. The van der Waals surface area contributed by atoms with Crippen LogP contribution in [0.15, 0.2) is 54.6 Å². The average molecular weight is 361 g/mol. The molecule has 0 aliphatic carbocycles. The second kappa shape index (κ2) is 9.09. The Kier molecular flexibility index (Phi) is 6.56. The van der Waals surface area contributed by atoms with E-state index in [9.17, 15) is 5.11 Å². The Hall–Kier alpha value is -1.75. The van der Waals surface area contributed by atoms with Gasteiger partial charge < -0.3 is 14.7 Å². The highest BCUT2D eigenvalue weighted by molar-refractivity contribution is 6.30. The van der Waals surface area contributed by atoms with E-state index in [1.165, 1.54) is 5.69 Å². The van der Waals surface area contributed by atoms with Crippen LogP contribution in [0.2, 0.25) is 5.02 Å². The minimum atomic E-state index is -0.436. The van der Waals surface area contributed by atoms with Crippen LogP contribution in [-0.4, -0.2) is 55.4 Å². The number of anilines is 1. The van der Waals surface area contributed by atoms with Crippen molar-refractivity contribution >= 4 is 17.3 Å². The van der Waals surface area contributed by atoms with Crippen LogP contribution in [0.4, 0.5) is 5.69 Å². The van der Waals surface area contributed by atoms with E-state index in [0.717, 1.165) is 49.9 Å². The predicted molar refractivity (Wildman–Crippen MR) is 103 cm³/mol. The predicted octanol–water partition coefficient (Wildman–Crippen LogP) is 3.29. The maximum atomic E-state index is 10.1. The number of rotatable bonds is 7. The molecule has 1 atom stereocenters. The lowest BCUT2D eigenvalue weighted by Crippen LogP contribution is -2.47. The van der Waals surface area contributed by atoms with Crippen LogP contribution in [0.1, 0.15) is 6.42 Å². The van der Waals surface area contributed by atoms with Gasteiger partial charge in [-0.2, -0.15) is 0 Å². The van der Waals surface area contributed by atoms with Gasteiger partial charge in [-0.05, 0) is 42.8 Å². The summed E-state index contributed by atoms with van der Waals surface area (Å²) in [4.78, 5) is 4.78. The highest BCUT2D eigenvalue weighted by Crippen LogP contribution is 2.19. The third kappa shape index (κ3) is 5.63. The van der Waals surface area contributed by atoms with E-state index in [2.05, 4.69) is 21.9 Å². The van der Waals surface area contributed by atoms with Gasteiger partial charge in [-0.3, -0.25) is 4.90 Å². The van der Waals surface area contributed by atoms with E-state index in [-0.39, 0.29) is 0 Å². The van der Waals surface area contributed by atoms with E-state index in [1.807, 2.05) is 42.5 Å². The average Bonchev–Trinajstić information content (AvgIpc) is 2.67. The zero-order valence-corrected chi connectivity index (χ0v) is 15.1. The number of nitrogens with zero attached hydrogens (tertiary/aromatic N) is 2. The molecular weight excluding hydrogens is 336 g/mol. The molecule has 1 heterocycles. The molecule has 3 rings (SSSR count). The molecule has 1 N–H and O–H groups in total. The van der Waals surface area contributed by atoms with E-state index in [0.29, 0.717) is 6.61 Å². The maximum absolute atomic E-state index is 10.1. The molecule has 0 amide bonds. The molecule has 4 nitrogen and oxygen atoms in total. The Labute approximate surface area is 154 Å². The van der Waals surface area contributed by atoms with Gasteiger partial charge in [0.2, 0.25) is 0 Å². The monoisotopic (exact) mass is 360 g/mol. The minimum Gasteiger partial charge on any atom is -0.491 e. The smallest absolute Gasteiger partial charge is 0.119 e. The highest BCUT2D eigenvalue weighted by atomic mass is 35.5. The van der Waals surface area contributed by atoms with Crippen LogP contribution in [-0.2, 0) is 0 Å². The zero-order chi connectivity index (χ0) is 17.5. The lowest BCUT2D eigenvalue weighted by atomic mass is 10.2. The molecule has 5 heteroatoms. The molecule has 0 aromatic heterocycles. The number of benzene rings is 2. The fourth-order valence-electron chi connectivity index (χ4n) is 3.01. The summed E-state index contributed by atoms with van der Waals surface area (Å²) in [7, 11) is 0. The first kappa shape index (κ1) is 18.1. The molecule has 1 unspecified atom stereocenters. The molecule has 1 saturated heterocycles. The number of hydrogen-bond acceptors (Lipinski definition) is 4. The number of hydrogen-bond donors (Lipinski definition) is 1. The Morgan fingerprint density at radius 3 is 2.32 bits per heavy atom. The van der Waals surface area contributed by atoms with Gasteiger partial charge in [-0.15, -0.1) is 0 Å². The number of aliphatic hydroxyl groups is 1. The summed E-state index contributed by atoms with van der Waals surface area (Å²) in [6.07, 6.45) is 0.294. The lowest BCUT2D eigenvalue weighted by molar-refractivity contribution is 0.0866. The largest absolute Gasteiger partial charge is 0.491 e. The Bertz CT molecular complexity index is 628. The fourth-order valence-corrected chi connectivity index (χ4v) is 3.13. The molecule has 25 heavy (non-hydrogen) atoms. The summed E-state index contributed by atoms with van der Waals surface area (Å²) < 4.78 is 5.60. The van der Waals surface area contributed by atoms with Crippen molar-refractivity contribution in [3.8, 4) is 5.75 Å². The number of halogens is 1. The Morgan fingerprint density at radius 1 is 0.960 bits per heavy atom. The summed E-state index contributed by atoms with van der Waals surface area (Å²) in [5.41, 5.74) is 1.22. The van der Waals surface area contributed by atoms with Crippen molar-refractivity contribution < 1.29 is 9.84 Å². The third-order valence-electron chi connectivity index (χ3n) is 4.53. The van der Waals surface area contributed by atoms with Gasteiger partial charge in [0, 0.05) is 43.4 Å². The van der Waals surface area contributed by atoms with Gasteiger partial charge in [0.1, 0.15) is 12.4 Å². The second-order valence-corrected chi connectivity index (χ2v) is 6.81. The first-order valence-electron chi connectivity index (χ1n) is 8.79. The Balaban J connectivity index is 1.35. The van der Waals surface area contributed by atoms with Gasteiger partial charge in [0.15, 0.2) is 0 Å². The van der Waals surface area contributed by atoms with Crippen molar-refractivity contribution in [1.29, 1.82) is 0 Å². The van der Waals surface area contributed by atoms with Crippen LogP contribution in [0.25, 0.3) is 0 Å². The molecule has 1 aliphatic heterocycles. The summed E-state index contributed by atoms with van der Waals surface area (Å²) >= 11 is 5.95. The summed E-state index contributed by atoms with van der Waals surface area (Å²) in [5.74, 6) is 0.804. The number of para-hydroxylation sites is 1. The Morgan fingerprint density at radius 2 is 1.64 bits per heavy atom. The van der Waals surface area contributed by atoms with Crippen molar-refractivity contribution in [2.75, 3.05) is 44.2 Å². The number of piperazine rings is 1. The molecule has 2 aromatic rings. The molecule has 1 aliphatic rings. The maximum Gasteiger partial charge on any atom is 0.119 e. The van der Waals surface area contributed by atoms with Crippen LogP contribution in [0, 0.1) is 0 Å². The van der Waals surface area contributed by atoms with E-state index >= 15 is 0 Å². The van der Waals surface area contributed by atoms with Crippen LogP contribution >= 0.6 is 11.6 Å². The number of aliphatic hydroxyl groups excluding tert-OH is 1. The van der Waals surface area contributed by atoms with Gasteiger partial charge in [0.05, 0.1) is 6.10 Å². The third-order valence-corrected chi connectivity index (χ3v) is 4.78. The van der Waals surface area contributed by atoms with Gasteiger partial charge in [0.25, 0.3) is 0 Å². The second-order valence-electron chi connectivity index (χ2n) is 6.37. The summed E-state index contributed by atoms with van der Waals surface area (Å²) in [5, 5.41) is 10.9. The van der Waals surface area contributed by atoms with Crippen molar-refractivity contribution in [3.63, 3.8) is 0 Å². The van der Waals surface area contributed by atoms with Gasteiger partial charge in [-0.25, -0.2) is 0 Å². The first-order valence-corrected chi connectivity index (χ1v) is 9.17. The van der Waals surface area contributed by atoms with Crippen molar-refractivity contribution in [2.45, 2.75) is 12.5 Å². The minimum absolute atomic E-state index is 0.342. The molecule has 134 valence electrons. The van der Waals surface area contributed by atoms with Gasteiger partial charge in [-0.1, -0.05) is 29.8 Å². The van der Waals surface area contributed by atoms with Crippen LogP contribution < -0.4 is 9.64 Å². The van der Waals surface area contributed by atoms with E-state index < -0.39 is 6.10 Å². The quantitative estimate of drug-likeness (QED) is 0.822. The summed E-state index contributed by atoms with van der Waals surface area (Å²) in [6, 6.07) is 17.6. The van der Waals surface area contributed by atoms with Gasteiger partial charge >= 0.3 is 0 Å². The van der Waals surface area contributed by atoms with Crippen molar-refractivity contribution in [1.82, 2.24) is 4.90 Å². The summed E-state index contributed by atoms with van der Waals surface area (Å²) in [6.45, 7) is 5.25. The topological polar surface area (TPSA) is 35.9 Å². The van der Waals surface area contributed by atoms with Crippen LogP contribution in [0.3, 0.4) is 0 Å². The van der Waals surface area contributed by atoms with E-state index in [1.54, 1.807) is 0 Å². The standard InChI is InChI=1S/C20H25ClN2O2/c21-17-6-8-18(9-7-17)23-14-12-22(13-15-23)11-10-19(24)16-25-20-4-2-1-3-5-20/h1-9,19,24H,10-16H2. The highest BCUT2D eigenvalue weighted by Gasteiger charge is 2.18. The molecule has 0 saturated carbocycles. The molecule has 2 aromatic carbocycles. The molecular formula is C20H25ClN2O2. The normalized spacial score (nSPS) is 16.6. The molecule has 0 radical (unpaired) electrons. The zero-order valence-electron chi connectivity index (χ0n) is 14.4. The molecule has 0 bridgehead atoms. The van der Waals surface area contributed by atoms with Crippen molar-refractivity contribution in [3.05, 3.63) is 59.6 Å².